The number of fused-ring (bicyclic) bond motifs is 1. The van der Waals surface area contributed by atoms with E-state index in [1.807, 2.05) is 18.2 Å². The van der Waals surface area contributed by atoms with Crippen molar-refractivity contribution in [3.8, 4) is 0 Å². The van der Waals surface area contributed by atoms with E-state index in [9.17, 15) is 4.79 Å². The van der Waals surface area contributed by atoms with Crippen LogP contribution in [-0.2, 0) is 0 Å². The molecule has 108 valence electrons. The second-order valence-corrected chi connectivity index (χ2v) is 5.57. The maximum absolute atomic E-state index is 12.7. The molecule has 2 heterocycles. The Balaban J connectivity index is 1.72. The molecule has 0 unspecified atom stereocenters. The zero-order valence-corrected chi connectivity index (χ0v) is 11.8. The monoisotopic (exact) mass is 284 g/mol. The molecule has 2 aromatic rings. The summed E-state index contributed by atoms with van der Waals surface area (Å²) in [7, 11) is 0. The molecular formula is C15H16N4O2. The van der Waals surface area contributed by atoms with E-state index in [0.29, 0.717) is 24.0 Å². The smallest absolute Gasteiger partial charge is 0.282 e. The molecule has 2 aliphatic rings. The van der Waals surface area contributed by atoms with Crippen LogP contribution >= 0.6 is 0 Å². The topological polar surface area (TPSA) is 62.5 Å². The summed E-state index contributed by atoms with van der Waals surface area (Å²) < 4.78 is 4.66. The summed E-state index contributed by atoms with van der Waals surface area (Å²) >= 11 is 0. The van der Waals surface area contributed by atoms with E-state index in [1.165, 1.54) is 12.8 Å². The van der Waals surface area contributed by atoms with Crippen LogP contribution in [0, 0.1) is 6.92 Å². The summed E-state index contributed by atoms with van der Waals surface area (Å²) in [5, 5.41) is 7.44. The lowest BCUT2D eigenvalue weighted by Gasteiger charge is -2.37. The van der Waals surface area contributed by atoms with Gasteiger partial charge in [0.25, 0.3) is 5.91 Å². The van der Waals surface area contributed by atoms with Crippen LogP contribution in [0.3, 0.4) is 0 Å². The van der Waals surface area contributed by atoms with E-state index < -0.39 is 0 Å². The first-order chi connectivity index (χ1) is 10.3. The van der Waals surface area contributed by atoms with Crippen LogP contribution < -0.4 is 9.80 Å². The van der Waals surface area contributed by atoms with Crippen molar-refractivity contribution in [2.24, 2.45) is 0 Å². The minimum atomic E-state index is -0.142. The number of hydrogen-bond donors (Lipinski definition) is 0. The summed E-state index contributed by atoms with van der Waals surface area (Å²) in [6, 6.07) is 8.69. The van der Waals surface area contributed by atoms with Gasteiger partial charge in [-0.25, -0.2) is 4.63 Å². The van der Waals surface area contributed by atoms with Gasteiger partial charge < -0.3 is 9.80 Å². The number of amides is 1. The molecule has 0 N–H and O–H groups in total. The molecular weight excluding hydrogens is 268 g/mol. The molecule has 6 heteroatoms. The van der Waals surface area contributed by atoms with Crippen LogP contribution in [-0.4, -0.2) is 35.4 Å². The predicted molar refractivity (Wildman–Crippen MR) is 77.5 cm³/mol. The maximum atomic E-state index is 12.7. The third kappa shape index (κ3) is 1.98. The molecule has 1 aromatic heterocycles. The first-order valence-corrected chi connectivity index (χ1v) is 7.22. The van der Waals surface area contributed by atoms with Crippen LogP contribution in [0.1, 0.15) is 29.0 Å². The molecule has 1 amide bonds. The van der Waals surface area contributed by atoms with E-state index >= 15 is 0 Å². The summed E-state index contributed by atoms with van der Waals surface area (Å²) in [6.07, 6.45) is 2.49. The number of benzene rings is 1. The molecule has 0 bridgehead atoms. The molecule has 1 fully saturated rings. The van der Waals surface area contributed by atoms with Crippen molar-refractivity contribution in [2.75, 3.05) is 22.9 Å². The van der Waals surface area contributed by atoms with Crippen molar-refractivity contribution in [2.45, 2.75) is 25.8 Å². The minimum Gasteiger partial charge on any atom is -0.365 e. The van der Waals surface area contributed by atoms with Crippen LogP contribution in [0.4, 0.5) is 11.4 Å². The number of para-hydroxylation sites is 2. The molecule has 0 radical (unpaired) electrons. The molecule has 0 atom stereocenters. The Morgan fingerprint density at radius 1 is 1.19 bits per heavy atom. The van der Waals surface area contributed by atoms with Gasteiger partial charge in [0.1, 0.15) is 5.69 Å². The summed E-state index contributed by atoms with van der Waals surface area (Å²) in [6.45, 7) is 3.26. The van der Waals surface area contributed by atoms with Gasteiger partial charge in [-0.1, -0.05) is 17.3 Å². The Morgan fingerprint density at radius 3 is 2.62 bits per heavy atom. The van der Waals surface area contributed by atoms with E-state index in [4.69, 9.17) is 0 Å². The summed E-state index contributed by atoms with van der Waals surface area (Å²) in [4.78, 5) is 16.9. The Kier molecular flexibility index (Phi) is 2.70. The van der Waals surface area contributed by atoms with Crippen LogP contribution in [0.15, 0.2) is 28.9 Å². The Labute approximate surface area is 122 Å². The molecule has 0 spiro atoms. The Morgan fingerprint density at radius 2 is 1.95 bits per heavy atom. The predicted octanol–water partition coefficient (Wildman–Crippen LogP) is 2.01. The average Bonchev–Trinajstić information content (AvgIpc) is 3.27. The zero-order valence-electron chi connectivity index (χ0n) is 11.8. The fourth-order valence-electron chi connectivity index (χ4n) is 2.91. The fourth-order valence-corrected chi connectivity index (χ4v) is 2.91. The van der Waals surface area contributed by atoms with Gasteiger partial charge in [0.05, 0.1) is 11.4 Å². The third-order valence-electron chi connectivity index (χ3n) is 4.13. The van der Waals surface area contributed by atoms with Gasteiger partial charge in [0.2, 0.25) is 0 Å². The van der Waals surface area contributed by atoms with Crippen molar-refractivity contribution in [3.05, 3.63) is 35.7 Å². The summed E-state index contributed by atoms with van der Waals surface area (Å²) in [5.74, 6) is -0.142. The number of rotatable bonds is 2. The van der Waals surface area contributed by atoms with Crippen LogP contribution in [0.25, 0.3) is 0 Å². The average molecular weight is 284 g/mol. The van der Waals surface area contributed by atoms with Crippen molar-refractivity contribution < 1.29 is 9.42 Å². The maximum Gasteiger partial charge on any atom is 0.282 e. The highest BCUT2D eigenvalue weighted by Gasteiger charge is 2.36. The number of anilines is 2. The second-order valence-electron chi connectivity index (χ2n) is 5.57. The van der Waals surface area contributed by atoms with Gasteiger partial charge in [0.15, 0.2) is 5.69 Å². The van der Waals surface area contributed by atoms with Crippen molar-refractivity contribution in [1.29, 1.82) is 0 Å². The third-order valence-corrected chi connectivity index (χ3v) is 4.13. The lowest BCUT2D eigenvalue weighted by Crippen LogP contribution is -2.45. The molecule has 6 nitrogen and oxygen atoms in total. The number of carbonyl (C=O) groups is 1. The van der Waals surface area contributed by atoms with Crippen molar-refractivity contribution in [1.82, 2.24) is 10.3 Å². The number of nitrogens with zero attached hydrogens (tertiary/aromatic N) is 4. The summed E-state index contributed by atoms with van der Waals surface area (Å²) in [5.41, 5.74) is 2.91. The highest BCUT2D eigenvalue weighted by molar-refractivity contribution is 6.07. The molecule has 1 aliphatic heterocycles. The van der Waals surface area contributed by atoms with Gasteiger partial charge in [-0.2, -0.15) is 0 Å². The van der Waals surface area contributed by atoms with E-state index in [0.717, 1.165) is 17.9 Å². The fraction of sp³-hybridized carbons (Fsp3) is 0.400. The molecule has 21 heavy (non-hydrogen) atoms. The van der Waals surface area contributed by atoms with Crippen LogP contribution in [0.5, 0.6) is 0 Å². The highest BCUT2D eigenvalue weighted by Crippen LogP contribution is 2.40. The standard InChI is InChI=1S/C15H16N4O2/c1-10-14(17-21-16-10)15(20)19-9-8-18(11-6-7-11)12-4-2-3-5-13(12)19/h2-5,11H,6-9H2,1H3. The Hall–Kier alpha value is -2.37. The first-order valence-electron chi connectivity index (χ1n) is 7.22. The normalized spacial score (nSPS) is 17.8. The minimum absolute atomic E-state index is 0.142. The van der Waals surface area contributed by atoms with Gasteiger partial charge in [-0.05, 0) is 37.1 Å². The quantitative estimate of drug-likeness (QED) is 0.844. The number of hydrogen-bond acceptors (Lipinski definition) is 5. The second kappa shape index (κ2) is 4.58. The highest BCUT2D eigenvalue weighted by atomic mass is 16.6. The number of carbonyl (C=O) groups excluding carboxylic acids is 1. The molecule has 1 aliphatic carbocycles. The van der Waals surface area contributed by atoms with Gasteiger partial charge >= 0.3 is 0 Å². The molecule has 4 rings (SSSR count). The lowest BCUT2D eigenvalue weighted by atomic mass is 10.1. The van der Waals surface area contributed by atoms with Gasteiger partial charge in [-0.3, -0.25) is 4.79 Å². The number of aromatic nitrogens is 2. The number of aryl methyl sites for hydroxylation is 1. The first kappa shape index (κ1) is 12.4. The van der Waals surface area contributed by atoms with Crippen LogP contribution in [0.2, 0.25) is 0 Å². The van der Waals surface area contributed by atoms with Crippen molar-refractivity contribution >= 4 is 17.3 Å². The SMILES string of the molecule is Cc1nonc1C(=O)N1CCN(C2CC2)c2ccccc21. The van der Waals surface area contributed by atoms with Crippen molar-refractivity contribution in [3.63, 3.8) is 0 Å². The van der Waals surface area contributed by atoms with E-state index in [-0.39, 0.29) is 5.91 Å². The van der Waals surface area contributed by atoms with E-state index in [1.54, 1.807) is 11.8 Å². The molecule has 1 aromatic carbocycles. The Bertz CT molecular complexity index is 692. The van der Waals surface area contributed by atoms with E-state index in [2.05, 4.69) is 25.9 Å². The van der Waals surface area contributed by atoms with Gasteiger partial charge in [0, 0.05) is 19.1 Å². The zero-order chi connectivity index (χ0) is 14.4. The largest absolute Gasteiger partial charge is 0.365 e. The molecule has 1 saturated carbocycles. The molecule has 0 saturated heterocycles. The lowest BCUT2D eigenvalue weighted by molar-refractivity contribution is 0.0976. The van der Waals surface area contributed by atoms with Gasteiger partial charge in [-0.15, -0.1) is 0 Å².